The van der Waals surface area contributed by atoms with Gasteiger partial charge in [-0.25, -0.2) is 37.8 Å². The largest absolute Gasteiger partial charge is 0.408 e. The molecule has 16 nitrogen and oxygen atoms in total. The van der Waals surface area contributed by atoms with Gasteiger partial charge >= 0.3 is 31.0 Å². The van der Waals surface area contributed by atoms with Crippen molar-refractivity contribution >= 4 is 31.0 Å². The summed E-state index contributed by atoms with van der Waals surface area (Å²) in [4.78, 5) is 0. The molecule has 0 saturated heterocycles. The molecular formula is C26H60N4O12P4. The third kappa shape index (κ3) is 18.3. The molecule has 0 amide bonds. The first-order valence-corrected chi connectivity index (χ1v) is 22.2. The van der Waals surface area contributed by atoms with Gasteiger partial charge < -0.3 is 0 Å². The van der Waals surface area contributed by atoms with Crippen molar-refractivity contribution in [3.8, 4) is 0 Å². The summed E-state index contributed by atoms with van der Waals surface area (Å²) in [6.07, 6.45) is 4.40. The fourth-order valence-electron chi connectivity index (χ4n) is 3.97. The topological polar surface area (TPSA) is 173 Å². The van der Waals surface area contributed by atoms with Gasteiger partial charge in [-0.15, -0.1) is 0 Å². The van der Waals surface area contributed by atoms with Crippen LogP contribution in [0.1, 0.15) is 68.2 Å². The monoisotopic (exact) mass is 744 g/mol. The summed E-state index contributed by atoms with van der Waals surface area (Å²) in [6, 6.07) is 0. The number of hydrogen-bond donors (Lipinski definition) is 2. The minimum absolute atomic E-state index is 0.173. The van der Waals surface area contributed by atoms with Crippen molar-refractivity contribution in [2.75, 3.05) is 92.1 Å². The van der Waals surface area contributed by atoms with E-state index in [9.17, 15) is 18.3 Å². The number of rotatable bonds is 32. The van der Waals surface area contributed by atoms with Gasteiger partial charge in [0, 0.05) is 39.3 Å². The van der Waals surface area contributed by atoms with E-state index in [1.807, 2.05) is 0 Å². The van der Waals surface area contributed by atoms with Crippen LogP contribution in [-0.4, -0.2) is 101 Å². The molecule has 0 radical (unpaired) electrons. The standard InChI is InChI=1S/C26H60N4O12P4/c1-9-35-43(31,36-10-2)27-21-19-25-29(45(33,39-13-5)40-14-6)23-17-18-24-30(46(34,41-15-7)42-16-8)26-20-22-28-44(32,37-11-3)38-12-4/h17-18H,9-16,19-26H2,1-8H3,(H,27,31)(H,28,32). The van der Waals surface area contributed by atoms with Crippen LogP contribution >= 0.6 is 31.0 Å². The summed E-state index contributed by atoms with van der Waals surface area (Å²) >= 11 is 0. The van der Waals surface area contributed by atoms with E-state index in [-0.39, 0.29) is 92.1 Å². The molecule has 0 rings (SSSR count). The maximum atomic E-state index is 13.7. The maximum Gasteiger partial charge on any atom is 0.408 e. The summed E-state index contributed by atoms with van der Waals surface area (Å²) in [5.74, 6) is 0. The number of nitrogens with one attached hydrogen (secondary N) is 2. The molecule has 0 atom stereocenters. The van der Waals surface area contributed by atoms with Gasteiger partial charge in [0.15, 0.2) is 0 Å². The van der Waals surface area contributed by atoms with Crippen LogP contribution in [0.4, 0.5) is 0 Å². The Labute approximate surface area is 277 Å². The lowest BCUT2D eigenvalue weighted by atomic mass is 10.4. The molecule has 0 fully saturated rings. The van der Waals surface area contributed by atoms with E-state index < -0.39 is 31.0 Å². The van der Waals surface area contributed by atoms with Crippen LogP contribution < -0.4 is 10.2 Å². The van der Waals surface area contributed by atoms with Crippen LogP contribution in [0.25, 0.3) is 0 Å². The Hall–Kier alpha value is 0.180. The summed E-state index contributed by atoms with van der Waals surface area (Å²) in [7, 11) is -14.2. The van der Waals surface area contributed by atoms with Crippen molar-refractivity contribution in [1.82, 2.24) is 19.5 Å². The number of nitrogens with zero attached hydrogens (tertiary/aromatic N) is 2. The third-order valence-corrected chi connectivity index (χ3v) is 13.7. The average molecular weight is 745 g/mol. The second-order valence-electron chi connectivity index (χ2n) is 9.09. The molecule has 0 spiro atoms. The minimum atomic E-state index is -3.66. The Morgan fingerprint density at radius 1 is 0.457 bits per heavy atom. The van der Waals surface area contributed by atoms with Crippen LogP contribution in [0.3, 0.4) is 0 Å². The van der Waals surface area contributed by atoms with Crippen LogP contribution in [0.15, 0.2) is 12.2 Å². The molecule has 20 heteroatoms. The molecule has 0 aromatic carbocycles. The zero-order valence-corrected chi connectivity index (χ0v) is 32.6. The highest BCUT2D eigenvalue weighted by atomic mass is 31.2. The molecule has 46 heavy (non-hydrogen) atoms. The summed E-state index contributed by atoms with van der Waals surface area (Å²) in [6.45, 7) is 16.9. The lowest BCUT2D eigenvalue weighted by molar-refractivity contribution is 0.168. The molecule has 0 aliphatic carbocycles. The van der Waals surface area contributed by atoms with Crippen LogP contribution in [0.5, 0.6) is 0 Å². The highest BCUT2D eigenvalue weighted by molar-refractivity contribution is 7.52. The van der Waals surface area contributed by atoms with Gasteiger partial charge in [0.2, 0.25) is 0 Å². The molecule has 0 bridgehead atoms. The quantitative estimate of drug-likeness (QED) is 0.0417. The van der Waals surface area contributed by atoms with Gasteiger partial charge in [0.1, 0.15) is 0 Å². The fraction of sp³-hybridized carbons (Fsp3) is 0.923. The lowest BCUT2D eigenvalue weighted by Crippen LogP contribution is -2.28. The molecule has 276 valence electrons. The minimum Gasteiger partial charge on any atom is -0.297 e. The Morgan fingerprint density at radius 2 is 0.717 bits per heavy atom. The van der Waals surface area contributed by atoms with Gasteiger partial charge in [-0.1, -0.05) is 12.2 Å². The van der Waals surface area contributed by atoms with Crippen molar-refractivity contribution in [2.24, 2.45) is 0 Å². The van der Waals surface area contributed by atoms with E-state index in [0.717, 1.165) is 0 Å². The third-order valence-electron chi connectivity index (χ3n) is 5.65. The highest BCUT2D eigenvalue weighted by Gasteiger charge is 2.34. The van der Waals surface area contributed by atoms with Gasteiger partial charge in [-0.2, -0.15) is 0 Å². The van der Waals surface area contributed by atoms with Crippen LogP contribution in [0.2, 0.25) is 0 Å². The molecule has 0 heterocycles. The first-order valence-electron chi connectivity index (χ1n) is 16.1. The van der Waals surface area contributed by atoms with E-state index in [0.29, 0.717) is 12.8 Å². The first kappa shape index (κ1) is 46.2. The molecule has 0 aliphatic rings. The normalized spacial score (nSPS) is 13.5. The van der Waals surface area contributed by atoms with Crippen molar-refractivity contribution in [2.45, 2.75) is 68.2 Å². The fourth-order valence-corrected chi connectivity index (χ4v) is 10.2. The average Bonchev–Trinajstić information content (AvgIpc) is 2.98. The number of hydrogen-bond acceptors (Lipinski definition) is 12. The molecular weight excluding hydrogens is 684 g/mol. The predicted molar refractivity (Wildman–Crippen MR) is 181 cm³/mol. The Morgan fingerprint density at radius 3 is 0.957 bits per heavy atom. The second kappa shape index (κ2) is 26.1. The van der Waals surface area contributed by atoms with Crippen LogP contribution in [-0.2, 0) is 54.5 Å². The Kier molecular flexibility index (Phi) is 26.2. The summed E-state index contributed by atoms with van der Waals surface area (Å²) in [5.41, 5.74) is 0. The van der Waals surface area contributed by atoms with Gasteiger partial charge in [0.05, 0.1) is 52.9 Å². The molecule has 0 aliphatic heterocycles. The molecule has 0 aromatic rings. The predicted octanol–water partition coefficient (Wildman–Crippen LogP) is 6.83. The van der Waals surface area contributed by atoms with E-state index in [4.69, 9.17) is 36.2 Å². The maximum absolute atomic E-state index is 13.7. The van der Waals surface area contributed by atoms with Crippen molar-refractivity contribution in [3.63, 3.8) is 0 Å². The van der Waals surface area contributed by atoms with Crippen molar-refractivity contribution in [1.29, 1.82) is 0 Å². The smallest absolute Gasteiger partial charge is 0.297 e. The van der Waals surface area contributed by atoms with Crippen molar-refractivity contribution < 1.29 is 54.5 Å². The van der Waals surface area contributed by atoms with Gasteiger partial charge in [-0.05, 0) is 68.2 Å². The van der Waals surface area contributed by atoms with E-state index >= 15 is 0 Å². The SMILES string of the molecule is CCOP(=O)(NCCCN(CC=CCN(CCCNP(=O)(OCC)OCC)P(=O)(OCC)OCC)P(=O)(OCC)OCC)OCC. The zero-order chi connectivity index (χ0) is 35.0. The first-order chi connectivity index (χ1) is 21.9. The van der Waals surface area contributed by atoms with Crippen molar-refractivity contribution in [3.05, 3.63) is 12.2 Å². The molecule has 0 unspecified atom stereocenters. The lowest BCUT2D eigenvalue weighted by Gasteiger charge is -2.30. The van der Waals surface area contributed by atoms with Gasteiger partial charge in [-0.3, -0.25) is 36.2 Å². The van der Waals surface area contributed by atoms with E-state index in [1.54, 1.807) is 76.9 Å². The molecule has 0 aromatic heterocycles. The summed E-state index contributed by atoms with van der Waals surface area (Å²) < 4.78 is 99.5. The summed E-state index contributed by atoms with van der Waals surface area (Å²) in [5, 5.41) is 5.66. The van der Waals surface area contributed by atoms with E-state index in [2.05, 4.69) is 10.2 Å². The van der Waals surface area contributed by atoms with Gasteiger partial charge in [0.25, 0.3) is 0 Å². The highest BCUT2D eigenvalue weighted by Crippen LogP contribution is 2.53. The Bertz CT molecular complexity index is 894. The van der Waals surface area contributed by atoms with E-state index in [1.165, 1.54) is 0 Å². The van der Waals surface area contributed by atoms with Crippen LogP contribution in [0, 0.1) is 0 Å². The second-order valence-corrected chi connectivity index (χ2v) is 16.8. The molecule has 0 saturated carbocycles. The Balaban J connectivity index is 5.74. The zero-order valence-electron chi connectivity index (χ0n) is 29.1. The molecule has 2 N–H and O–H groups in total.